The number of hydrogen-bond donors (Lipinski definition) is 0. The third-order valence-corrected chi connectivity index (χ3v) is 14.5. The Bertz CT molecular complexity index is 4860. The van der Waals surface area contributed by atoms with E-state index in [1.165, 1.54) is 21.5 Å². The van der Waals surface area contributed by atoms with Crippen LogP contribution in [-0.2, 0) is 0 Å². The van der Waals surface area contributed by atoms with Crippen LogP contribution in [0.5, 0.6) is 0 Å². The highest BCUT2D eigenvalue weighted by molar-refractivity contribution is 6.24. The number of benzene rings is 11. The Morgan fingerprint density at radius 3 is 1.73 bits per heavy atom. The Kier molecular flexibility index (Phi) is 7.49. The Morgan fingerprint density at radius 2 is 0.929 bits per heavy atom. The van der Waals surface area contributed by atoms with E-state index in [-0.39, 0.29) is 0 Å². The molecule has 16 rings (SSSR count). The molecule has 0 saturated heterocycles. The molecule has 0 fully saturated rings. The van der Waals surface area contributed by atoms with Crippen LogP contribution in [0.15, 0.2) is 221 Å². The lowest BCUT2D eigenvalue weighted by Gasteiger charge is -2.16. The summed E-state index contributed by atoms with van der Waals surface area (Å²) >= 11 is 0. The van der Waals surface area contributed by atoms with E-state index >= 15 is 0 Å². The molecule has 0 saturated carbocycles. The molecule has 5 aromatic heterocycles. The van der Waals surface area contributed by atoms with Crippen LogP contribution in [0.1, 0.15) is 0 Å². The molecule has 70 heavy (non-hydrogen) atoms. The number of para-hydroxylation sites is 3. The first kappa shape index (κ1) is 37.5. The van der Waals surface area contributed by atoms with Crippen molar-refractivity contribution in [3.63, 3.8) is 0 Å². The summed E-state index contributed by atoms with van der Waals surface area (Å²) in [7, 11) is 0. The number of fused-ring (bicyclic) bond motifs is 17. The molecule has 0 aliphatic carbocycles. The topological polar surface area (TPSA) is 74.8 Å². The van der Waals surface area contributed by atoms with E-state index in [0.29, 0.717) is 17.6 Å². The van der Waals surface area contributed by atoms with Crippen LogP contribution in [0.4, 0.5) is 0 Å². The predicted molar refractivity (Wildman–Crippen MR) is 286 cm³/mol. The summed E-state index contributed by atoms with van der Waals surface area (Å²) in [5, 5.41) is 15.5. The molecule has 7 heteroatoms. The summed E-state index contributed by atoms with van der Waals surface area (Å²) in [6.07, 6.45) is 0. The van der Waals surface area contributed by atoms with Gasteiger partial charge in [0, 0.05) is 65.7 Å². The zero-order chi connectivity index (χ0) is 45.6. The molecule has 5 heterocycles. The van der Waals surface area contributed by atoms with E-state index in [0.717, 1.165) is 115 Å². The number of rotatable bonds is 4. The molecule has 0 spiro atoms. The minimum atomic E-state index is 0.517. The standard InChI is InChI=1S/C63H35N5O2/c1-2-16-39-33-54-49(31-38(39)15-1)59-41-17-5-3-13-36(41)26-29-53(59)67(54)55-35-58-48(46-28-25-37-14-4-6-18-42(37)60(46)70-58)34-50(55)62-64-61(40-27-30-57-47(32-40)45-21-9-12-24-56(45)69-57)65-63(66-62)68-51-22-10-7-19-43(51)44-20-8-11-23-52(44)68/h1-35H. The number of nitrogens with zero attached hydrogens (tertiary/aromatic N) is 5. The molecular weight excluding hydrogens is 859 g/mol. The number of hydrogen-bond acceptors (Lipinski definition) is 5. The first-order valence-corrected chi connectivity index (χ1v) is 23.6. The molecule has 11 aromatic carbocycles. The molecular formula is C63H35N5O2. The van der Waals surface area contributed by atoms with Crippen molar-refractivity contribution < 1.29 is 8.83 Å². The van der Waals surface area contributed by atoms with Crippen LogP contribution in [0.2, 0.25) is 0 Å². The normalized spacial score (nSPS) is 12.3. The highest BCUT2D eigenvalue weighted by Crippen LogP contribution is 2.45. The van der Waals surface area contributed by atoms with Crippen LogP contribution >= 0.6 is 0 Å². The van der Waals surface area contributed by atoms with Gasteiger partial charge in [-0.25, -0.2) is 4.98 Å². The SMILES string of the molecule is c1ccc2cc3c(cc2c1)c1c2ccccc2ccc1n3-c1cc2oc3c4ccccc4ccc3c2cc1-c1nc(-c2ccc3oc4ccccc4c3c2)nc(-n2c3ccccc3c3ccccc32)n1. The molecule has 0 bridgehead atoms. The van der Waals surface area contributed by atoms with Crippen molar-refractivity contribution in [2.24, 2.45) is 0 Å². The van der Waals surface area contributed by atoms with Gasteiger partial charge in [-0.05, 0) is 93.7 Å². The number of furan rings is 2. The second-order valence-electron chi connectivity index (χ2n) is 18.3. The van der Waals surface area contributed by atoms with Gasteiger partial charge in [-0.3, -0.25) is 4.57 Å². The molecule has 0 N–H and O–H groups in total. The Morgan fingerprint density at radius 1 is 0.314 bits per heavy atom. The molecule has 324 valence electrons. The summed E-state index contributed by atoms with van der Waals surface area (Å²) < 4.78 is 17.9. The highest BCUT2D eigenvalue weighted by Gasteiger charge is 2.25. The van der Waals surface area contributed by atoms with E-state index in [9.17, 15) is 0 Å². The Balaban J connectivity index is 1.07. The van der Waals surface area contributed by atoms with Crippen molar-refractivity contribution in [2.75, 3.05) is 0 Å². The second kappa shape index (κ2) is 14.0. The van der Waals surface area contributed by atoms with Crippen molar-refractivity contribution in [3.8, 4) is 34.4 Å². The fourth-order valence-corrected chi connectivity index (χ4v) is 11.4. The van der Waals surface area contributed by atoms with Gasteiger partial charge in [0.05, 0.1) is 27.8 Å². The molecule has 0 aliphatic heterocycles. The van der Waals surface area contributed by atoms with Crippen molar-refractivity contribution in [2.45, 2.75) is 0 Å². The van der Waals surface area contributed by atoms with E-state index in [1.54, 1.807) is 0 Å². The summed E-state index contributed by atoms with van der Waals surface area (Å²) in [5.41, 5.74) is 9.99. The zero-order valence-electron chi connectivity index (χ0n) is 37.3. The molecule has 0 radical (unpaired) electrons. The van der Waals surface area contributed by atoms with E-state index in [1.807, 2.05) is 24.3 Å². The van der Waals surface area contributed by atoms with E-state index in [4.69, 9.17) is 23.8 Å². The fraction of sp³-hybridized carbons (Fsp3) is 0. The van der Waals surface area contributed by atoms with Gasteiger partial charge >= 0.3 is 0 Å². The van der Waals surface area contributed by atoms with Gasteiger partial charge in [-0.2, -0.15) is 9.97 Å². The quantitative estimate of drug-likeness (QED) is 0.176. The summed E-state index contributed by atoms with van der Waals surface area (Å²) in [6, 6.07) is 75.1. The van der Waals surface area contributed by atoms with Gasteiger partial charge in [-0.15, -0.1) is 0 Å². The third kappa shape index (κ3) is 5.25. The lowest BCUT2D eigenvalue weighted by molar-refractivity contribution is 0.669. The Hall–Kier alpha value is -9.59. The fourth-order valence-electron chi connectivity index (χ4n) is 11.4. The maximum absolute atomic E-state index is 7.02. The minimum absolute atomic E-state index is 0.517. The van der Waals surface area contributed by atoms with Gasteiger partial charge in [0.1, 0.15) is 22.3 Å². The lowest BCUT2D eigenvalue weighted by atomic mass is 10.0. The lowest BCUT2D eigenvalue weighted by Crippen LogP contribution is -2.08. The van der Waals surface area contributed by atoms with Crippen LogP contribution in [0.25, 0.3) is 154 Å². The monoisotopic (exact) mass is 893 g/mol. The molecule has 16 aromatic rings. The largest absolute Gasteiger partial charge is 0.456 e. The van der Waals surface area contributed by atoms with Crippen LogP contribution in [0.3, 0.4) is 0 Å². The molecule has 0 atom stereocenters. The van der Waals surface area contributed by atoms with Gasteiger partial charge < -0.3 is 13.4 Å². The molecule has 0 unspecified atom stereocenters. The second-order valence-corrected chi connectivity index (χ2v) is 18.3. The highest BCUT2D eigenvalue weighted by atomic mass is 16.3. The van der Waals surface area contributed by atoms with Gasteiger partial charge in [0.25, 0.3) is 0 Å². The van der Waals surface area contributed by atoms with Crippen molar-refractivity contribution >= 4 is 120 Å². The third-order valence-electron chi connectivity index (χ3n) is 14.5. The molecule has 0 amide bonds. The first-order chi connectivity index (χ1) is 34.7. The van der Waals surface area contributed by atoms with Crippen LogP contribution in [0, 0.1) is 0 Å². The van der Waals surface area contributed by atoms with Crippen LogP contribution < -0.4 is 0 Å². The summed E-state index contributed by atoms with van der Waals surface area (Å²) in [6.45, 7) is 0. The van der Waals surface area contributed by atoms with Crippen molar-refractivity contribution in [3.05, 3.63) is 212 Å². The molecule has 7 nitrogen and oxygen atoms in total. The van der Waals surface area contributed by atoms with Gasteiger partial charge in [0.15, 0.2) is 11.6 Å². The van der Waals surface area contributed by atoms with Gasteiger partial charge in [-0.1, -0.05) is 140 Å². The zero-order valence-corrected chi connectivity index (χ0v) is 37.3. The first-order valence-electron chi connectivity index (χ1n) is 23.6. The predicted octanol–water partition coefficient (Wildman–Crippen LogP) is 16.7. The summed E-state index contributed by atoms with van der Waals surface area (Å²) in [5.74, 6) is 1.59. The van der Waals surface area contributed by atoms with Crippen LogP contribution in [-0.4, -0.2) is 24.1 Å². The van der Waals surface area contributed by atoms with E-state index < -0.39 is 0 Å². The average Bonchev–Trinajstić information content (AvgIpc) is 4.17. The minimum Gasteiger partial charge on any atom is -0.456 e. The average molecular weight is 894 g/mol. The van der Waals surface area contributed by atoms with Crippen molar-refractivity contribution in [1.29, 1.82) is 0 Å². The maximum atomic E-state index is 7.02. The molecule has 0 aliphatic rings. The van der Waals surface area contributed by atoms with Gasteiger partial charge in [0.2, 0.25) is 5.95 Å². The summed E-state index contributed by atoms with van der Waals surface area (Å²) in [4.78, 5) is 16.6. The number of aromatic nitrogens is 5. The van der Waals surface area contributed by atoms with Crippen molar-refractivity contribution in [1.82, 2.24) is 24.1 Å². The smallest absolute Gasteiger partial charge is 0.238 e. The Labute approximate surface area is 397 Å². The maximum Gasteiger partial charge on any atom is 0.238 e. The van der Waals surface area contributed by atoms with E-state index in [2.05, 4.69) is 197 Å².